The Morgan fingerprint density at radius 2 is 2.12 bits per heavy atom. The molecule has 0 aliphatic carbocycles. The standard InChI is InChI=1S/C18H30FN5.HI/c1-5-20-18(21-12-17-14-22(2)9-10-23(17)3)24(4)13-15-7-6-8-16(19)11-15;/h6-8,11,17H,5,9-10,12-14H2,1-4H3,(H,20,21);1H. The largest absolute Gasteiger partial charge is 0.357 e. The monoisotopic (exact) mass is 463 g/mol. The van der Waals surface area contributed by atoms with E-state index in [-0.39, 0.29) is 29.8 Å². The summed E-state index contributed by atoms with van der Waals surface area (Å²) in [6.07, 6.45) is 0. The summed E-state index contributed by atoms with van der Waals surface area (Å²) in [6, 6.07) is 7.16. The van der Waals surface area contributed by atoms with Gasteiger partial charge < -0.3 is 15.1 Å². The van der Waals surface area contributed by atoms with E-state index in [1.807, 2.05) is 18.0 Å². The molecule has 1 aliphatic heterocycles. The van der Waals surface area contributed by atoms with E-state index in [4.69, 9.17) is 4.99 Å². The van der Waals surface area contributed by atoms with E-state index in [2.05, 4.69) is 36.1 Å². The number of aliphatic imine (C=N–C) groups is 1. The number of hydrogen-bond donors (Lipinski definition) is 1. The van der Waals surface area contributed by atoms with Crippen molar-refractivity contribution in [2.24, 2.45) is 4.99 Å². The van der Waals surface area contributed by atoms with Crippen molar-refractivity contribution in [1.82, 2.24) is 20.0 Å². The number of halogens is 2. The number of piperazine rings is 1. The molecule has 1 atom stereocenters. The van der Waals surface area contributed by atoms with Crippen LogP contribution in [0.2, 0.25) is 0 Å². The molecular formula is C18H31FIN5. The van der Waals surface area contributed by atoms with Crippen LogP contribution in [0.5, 0.6) is 0 Å². The Morgan fingerprint density at radius 3 is 2.80 bits per heavy atom. The lowest BCUT2D eigenvalue weighted by molar-refractivity contribution is 0.119. The van der Waals surface area contributed by atoms with Gasteiger partial charge in [-0.15, -0.1) is 24.0 Å². The van der Waals surface area contributed by atoms with Crippen molar-refractivity contribution in [3.05, 3.63) is 35.6 Å². The first-order valence-electron chi connectivity index (χ1n) is 8.62. The molecule has 0 saturated carbocycles. The first-order valence-corrected chi connectivity index (χ1v) is 8.62. The zero-order valence-corrected chi connectivity index (χ0v) is 18.0. The Balaban J connectivity index is 0.00000312. The lowest BCUT2D eigenvalue weighted by Gasteiger charge is -2.37. The molecule has 1 N–H and O–H groups in total. The van der Waals surface area contributed by atoms with Crippen molar-refractivity contribution < 1.29 is 4.39 Å². The highest BCUT2D eigenvalue weighted by Gasteiger charge is 2.22. The average Bonchev–Trinajstić information content (AvgIpc) is 2.54. The van der Waals surface area contributed by atoms with Crippen LogP contribution in [0.1, 0.15) is 12.5 Å². The minimum Gasteiger partial charge on any atom is -0.357 e. The van der Waals surface area contributed by atoms with Crippen LogP contribution in [-0.4, -0.2) is 80.6 Å². The van der Waals surface area contributed by atoms with Gasteiger partial charge in [0.15, 0.2) is 5.96 Å². The molecule has 0 spiro atoms. The Labute approximate surface area is 168 Å². The molecule has 1 fully saturated rings. The van der Waals surface area contributed by atoms with Gasteiger partial charge in [-0.3, -0.25) is 9.89 Å². The molecule has 1 aromatic rings. The molecule has 5 nitrogen and oxygen atoms in total. The maximum Gasteiger partial charge on any atom is 0.194 e. The van der Waals surface area contributed by atoms with Gasteiger partial charge in [0.05, 0.1) is 6.54 Å². The molecule has 2 rings (SSSR count). The molecule has 1 unspecified atom stereocenters. The zero-order valence-electron chi connectivity index (χ0n) is 15.7. The minimum atomic E-state index is -0.199. The lowest BCUT2D eigenvalue weighted by Crippen LogP contribution is -2.51. The third kappa shape index (κ3) is 7.07. The van der Waals surface area contributed by atoms with E-state index in [0.717, 1.165) is 44.2 Å². The Morgan fingerprint density at radius 1 is 1.36 bits per heavy atom. The Bertz CT molecular complexity index is 554. The van der Waals surface area contributed by atoms with Crippen molar-refractivity contribution >= 4 is 29.9 Å². The van der Waals surface area contributed by atoms with E-state index in [1.165, 1.54) is 6.07 Å². The number of nitrogens with one attached hydrogen (secondary N) is 1. The van der Waals surface area contributed by atoms with E-state index < -0.39 is 0 Å². The van der Waals surface area contributed by atoms with Gasteiger partial charge in [0.2, 0.25) is 0 Å². The van der Waals surface area contributed by atoms with Gasteiger partial charge in [0, 0.05) is 45.8 Å². The molecule has 1 saturated heterocycles. The first kappa shape index (κ1) is 22.1. The van der Waals surface area contributed by atoms with E-state index in [1.54, 1.807) is 12.1 Å². The number of likely N-dealkylation sites (N-methyl/N-ethyl adjacent to an activating group) is 2. The summed E-state index contributed by atoms with van der Waals surface area (Å²) in [7, 11) is 6.31. The van der Waals surface area contributed by atoms with Crippen LogP contribution in [-0.2, 0) is 6.54 Å². The maximum atomic E-state index is 13.4. The highest BCUT2D eigenvalue weighted by molar-refractivity contribution is 14.0. The van der Waals surface area contributed by atoms with Gasteiger partial charge in [-0.05, 0) is 38.7 Å². The summed E-state index contributed by atoms with van der Waals surface area (Å²) in [5.41, 5.74) is 0.942. The molecule has 142 valence electrons. The van der Waals surface area contributed by atoms with Gasteiger partial charge in [-0.25, -0.2) is 4.39 Å². The SMILES string of the molecule is CCNC(=NCC1CN(C)CCN1C)N(C)Cc1cccc(F)c1.I. The molecular weight excluding hydrogens is 432 g/mol. The highest BCUT2D eigenvalue weighted by Crippen LogP contribution is 2.08. The van der Waals surface area contributed by atoms with Crippen molar-refractivity contribution in [3.8, 4) is 0 Å². The van der Waals surface area contributed by atoms with Gasteiger partial charge in [-0.1, -0.05) is 12.1 Å². The van der Waals surface area contributed by atoms with Crippen molar-refractivity contribution in [2.75, 3.05) is 53.9 Å². The summed E-state index contributed by atoms with van der Waals surface area (Å²) in [5.74, 6) is 0.665. The third-order valence-electron chi connectivity index (χ3n) is 4.44. The Hall–Kier alpha value is -0.930. The summed E-state index contributed by atoms with van der Waals surface area (Å²) in [5, 5.41) is 3.33. The normalized spacial score (nSPS) is 19.4. The number of rotatable bonds is 5. The molecule has 25 heavy (non-hydrogen) atoms. The predicted molar refractivity (Wildman–Crippen MR) is 113 cm³/mol. The van der Waals surface area contributed by atoms with Gasteiger partial charge in [0.25, 0.3) is 0 Å². The number of hydrogen-bond acceptors (Lipinski definition) is 3. The van der Waals surface area contributed by atoms with Crippen molar-refractivity contribution in [1.29, 1.82) is 0 Å². The second kappa shape index (κ2) is 10.9. The smallest absolute Gasteiger partial charge is 0.194 e. The molecule has 0 radical (unpaired) electrons. The summed E-state index contributed by atoms with van der Waals surface area (Å²) in [6.45, 7) is 7.48. The molecule has 1 heterocycles. The Kier molecular flexibility index (Phi) is 9.66. The van der Waals surface area contributed by atoms with Crippen LogP contribution in [0.3, 0.4) is 0 Å². The summed E-state index contributed by atoms with van der Waals surface area (Å²) >= 11 is 0. The van der Waals surface area contributed by atoms with Crippen LogP contribution in [0.25, 0.3) is 0 Å². The fourth-order valence-electron chi connectivity index (χ4n) is 2.94. The van der Waals surface area contributed by atoms with Crippen LogP contribution in [0.15, 0.2) is 29.3 Å². The fourth-order valence-corrected chi connectivity index (χ4v) is 2.94. The molecule has 1 aromatic carbocycles. The fraction of sp³-hybridized carbons (Fsp3) is 0.611. The summed E-state index contributed by atoms with van der Waals surface area (Å²) < 4.78 is 13.4. The van der Waals surface area contributed by atoms with Crippen LogP contribution >= 0.6 is 24.0 Å². The number of benzene rings is 1. The van der Waals surface area contributed by atoms with E-state index in [9.17, 15) is 4.39 Å². The quantitative estimate of drug-likeness (QED) is 0.412. The van der Waals surface area contributed by atoms with Crippen LogP contribution in [0, 0.1) is 5.82 Å². The number of nitrogens with zero attached hydrogens (tertiary/aromatic N) is 4. The maximum absolute atomic E-state index is 13.4. The molecule has 0 amide bonds. The molecule has 0 aromatic heterocycles. The topological polar surface area (TPSA) is 34.1 Å². The zero-order chi connectivity index (χ0) is 17.5. The second-order valence-corrected chi connectivity index (χ2v) is 6.58. The first-order chi connectivity index (χ1) is 11.5. The number of guanidine groups is 1. The van der Waals surface area contributed by atoms with E-state index >= 15 is 0 Å². The highest BCUT2D eigenvalue weighted by atomic mass is 127. The van der Waals surface area contributed by atoms with Gasteiger partial charge >= 0.3 is 0 Å². The van der Waals surface area contributed by atoms with Crippen LogP contribution < -0.4 is 5.32 Å². The van der Waals surface area contributed by atoms with Crippen LogP contribution in [0.4, 0.5) is 4.39 Å². The van der Waals surface area contributed by atoms with E-state index in [0.29, 0.717) is 12.6 Å². The van der Waals surface area contributed by atoms with Crippen molar-refractivity contribution in [3.63, 3.8) is 0 Å². The van der Waals surface area contributed by atoms with Gasteiger partial charge in [0.1, 0.15) is 5.82 Å². The molecule has 1 aliphatic rings. The molecule has 0 bridgehead atoms. The lowest BCUT2D eigenvalue weighted by atomic mass is 10.2. The third-order valence-corrected chi connectivity index (χ3v) is 4.44. The predicted octanol–water partition coefficient (Wildman–Crippen LogP) is 2.09. The summed E-state index contributed by atoms with van der Waals surface area (Å²) in [4.78, 5) is 11.6. The molecule has 7 heteroatoms. The second-order valence-electron chi connectivity index (χ2n) is 6.58. The van der Waals surface area contributed by atoms with Crippen molar-refractivity contribution in [2.45, 2.75) is 19.5 Å². The average molecular weight is 463 g/mol. The van der Waals surface area contributed by atoms with Gasteiger partial charge in [-0.2, -0.15) is 0 Å². The minimum absolute atomic E-state index is 0.